The van der Waals surface area contributed by atoms with Gasteiger partial charge >= 0.3 is 0 Å². The van der Waals surface area contributed by atoms with Gasteiger partial charge < -0.3 is 0 Å². The third-order valence-electron chi connectivity index (χ3n) is 2.86. The molecule has 0 amide bonds. The number of rotatable bonds is 1. The molecule has 16 heavy (non-hydrogen) atoms. The Morgan fingerprint density at radius 3 is 2.75 bits per heavy atom. The summed E-state index contributed by atoms with van der Waals surface area (Å²) in [5.41, 5.74) is 2.56. The zero-order chi connectivity index (χ0) is 11.0. The van der Waals surface area contributed by atoms with Crippen molar-refractivity contribution >= 4 is 22.1 Å². The van der Waals surface area contributed by atoms with E-state index in [1.807, 2.05) is 11.6 Å². The lowest BCUT2D eigenvalue weighted by atomic mass is 10.0. The Morgan fingerprint density at radius 2 is 1.94 bits per heavy atom. The molecule has 0 aliphatic rings. The van der Waals surface area contributed by atoms with Gasteiger partial charge in [0.1, 0.15) is 5.01 Å². The van der Waals surface area contributed by atoms with Gasteiger partial charge in [-0.05, 0) is 23.3 Å². The minimum atomic E-state index is 1.10. The number of aryl methyl sites for hydroxylation is 1. The number of hydrogen-bond donors (Lipinski definition) is 0. The molecule has 3 rings (SSSR count). The predicted octanol–water partition coefficient (Wildman–Crippen LogP) is 4.27. The second-order valence-electron chi connectivity index (χ2n) is 3.80. The minimum absolute atomic E-state index is 1.10. The van der Waals surface area contributed by atoms with Gasteiger partial charge in [-0.3, -0.25) is 0 Å². The average molecular weight is 225 g/mol. The van der Waals surface area contributed by atoms with Crippen LogP contribution in [-0.2, 0) is 0 Å². The van der Waals surface area contributed by atoms with Crippen molar-refractivity contribution < 1.29 is 0 Å². The molecule has 1 aromatic heterocycles. The van der Waals surface area contributed by atoms with E-state index >= 15 is 0 Å². The average Bonchev–Trinajstić information content (AvgIpc) is 2.83. The first-order chi connectivity index (χ1) is 7.86. The van der Waals surface area contributed by atoms with Crippen molar-refractivity contribution in [1.82, 2.24) is 4.98 Å². The fraction of sp³-hybridized carbons (Fsp3) is 0.0714. The molecule has 3 aromatic rings. The van der Waals surface area contributed by atoms with Gasteiger partial charge in [0.05, 0.1) is 0 Å². The Balaban J connectivity index is 2.32. The molecular weight excluding hydrogens is 214 g/mol. The first-order valence-corrected chi connectivity index (χ1v) is 6.12. The highest BCUT2D eigenvalue weighted by Crippen LogP contribution is 2.30. The molecule has 0 bridgehead atoms. The Labute approximate surface area is 98.4 Å². The van der Waals surface area contributed by atoms with Crippen LogP contribution >= 0.6 is 11.3 Å². The lowest BCUT2D eigenvalue weighted by Gasteiger charge is -2.06. The van der Waals surface area contributed by atoms with E-state index in [4.69, 9.17) is 0 Å². The molecule has 2 heteroatoms. The topological polar surface area (TPSA) is 12.9 Å². The van der Waals surface area contributed by atoms with Crippen LogP contribution < -0.4 is 0 Å². The van der Waals surface area contributed by atoms with Crippen LogP contribution in [0.1, 0.15) is 5.56 Å². The van der Waals surface area contributed by atoms with Crippen molar-refractivity contribution in [1.29, 1.82) is 0 Å². The molecule has 0 radical (unpaired) electrons. The molecule has 0 aliphatic carbocycles. The fourth-order valence-corrected chi connectivity index (χ4v) is 2.74. The molecule has 0 unspecified atom stereocenters. The number of benzene rings is 2. The molecule has 1 heterocycles. The largest absolute Gasteiger partial charge is 0.245 e. The predicted molar refractivity (Wildman–Crippen MR) is 69.8 cm³/mol. The Kier molecular flexibility index (Phi) is 2.22. The first kappa shape index (κ1) is 9.55. The van der Waals surface area contributed by atoms with Gasteiger partial charge in [0, 0.05) is 17.1 Å². The SMILES string of the molecule is Cc1c(-c2nccs2)ccc2ccccc12. The molecule has 0 N–H and O–H groups in total. The zero-order valence-corrected chi connectivity index (χ0v) is 9.79. The third kappa shape index (κ3) is 1.42. The van der Waals surface area contributed by atoms with Crippen LogP contribution in [0.2, 0.25) is 0 Å². The van der Waals surface area contributed by atoms with Gasteiger partial charge in [0.25, 0.3) is 0 Å². The summed E-state index contributed by atoms with van der Waals surface area (Å²) in [5, 5.41) is 5.73. The normalized spacial score (nSPS) is 10.8. The van der Waals surface area contributed by atoms with Gasteiger partial charge in [-0.2, -0.15) is 0 Å². The van der Waals surface area contributed by atoms with Gasteiger partial charge in [0.15, 0.2) is 0 Å². The molecule has 0 spiro atoms. The zero-order valence-electron chi connectivity index (χ0n) is 8.97. The maximum atomic E-state index is 4.37. The van der Waals surface area contributed by atoms with Crippen molar-refractivity contribution in [2.75, 3.05) is 0 Å². The summed E-state index contributed by atoms with van der Waals surface area (Å²) < 4.78 is 0. The molecule has 2 aromatic carbocycles. The van der Waals surface area contributed by atoms with Gasteiger partial charge in [-0.15, -0.1) is 11.3 Å². The van der Waals surface area contributed by atoms with Gasteiger partial charge in [-0.1, -0.05) is 36.4 Å². The summed E-state index contributed by atoms with van der Waals surface area (Å²) in [7, 11) is 0. The van der Waals surface area contributed by atoms with E-state index in [1.54, 1.807) is 11.3 Å². The van der Waals surface area contributed by atoms with E-state index in [0.717, 1.165) is 5.01 Å². The number of nitrogens with zero attached hydrogens (tertiary/aromatic N) is 1. The highest BCUT2D eigenvalue weighted by atomic mass is 32.1. The van der Waals surface area contributed by atoms with E-state index in [0.29, 0.717) is 0 Å². The lowest BCUT2D eigenvalue weighted by Crippen LogP contribution is -1.84. The summed E-state index contributed by atoms with van der Waals surface area (Å²) in [5.74, 6) is 0. The highest BCUT2D eigenvalue weighted by molar-refractivity contribution is 7.13. The molecule has 0 fully saturated rings. The summed E-state index contributed by atoms with van der Waals surface area (Å²) in [6.07, 6.45) is 1.86. The molecular formula is C14H11NS. The lowest BCUT2D eigenvalue weighted by molar-refractivity contribution is 1.39. The maximum Gasteiger partial charge on any atom is 0.123 e. The standard InChI is InChI=1S/C14H11NS/c1-10-12-5-3-2-4-11(12)6-7-13(10)14-15-8-9-16-14/h2-9H,1H3. The Bertz CT molecular complexity index is 626. The molecule has 0 atom stereocenters. The Hall–Kier alpha value is -1.67. The van der Waals surface area contributed by atoms with Crippen molar-refractivity contribution in [3.05, 3.63) is 53.5 Å². The minimum Gasteiger partial charge on any atom is -0.245 e. The second-order valence-corrected chi connectivity index (χ2v) is 4.69. The summed E-state index contributed by atoms with van der Waals surface area (Å²) in [4.78, 5) is 4.37. The third-order valence-corrected chi connectivity index (χ3v) is 3.67. The van der Waals surface area contributed by atoms with Crippen LogP contribution in [0.3, 0.4) is 0 Å². The quantitative estimate of drug-likeness (QED) is 0.602. The van der Waals surface area contributed by atoms with Crippen molar-refractivity contribution in [3.63, 3.8) is 0 Å². The van der Waals surface area contributed by atoms with E-state index < -0.39 is 0 Å². The summed E-state index contributed by atoms with van der Waals surface area (Å²) >= 11 is 1.69. The van der Waals surface area contributed by atoms with E-state index in [2.05, 4.69) is 48.3 Å². The van der Waals surface area contributed by atoms with Crippen LogP contribution in [-0.4, -0.2) is 4.98 Å². The highest BCUT2D eigenvalue weighted by Gasteiger charge is 2.06. The number of aromatic nitrogens is 1. The van der Waals surface area contributed by atoms with Crippen LogP contribution in [0.15, 0.2) is 48.0 Å². The summed E-state index contributed by atoms with van der Waals surface area (Å²) in [6.45, 7) is 2.17. The molecule has 0 aliphatic heterocycles. The molecule has 0 saturated heterocycles. The van der Waals surface area contributed by atoms with E-state index in [-0.39, 0.29) is 0 Å². The van der Waals surface area contributed by atoms with Crippen LogP contribution in [0, 0.1) is 6.92 Å². The van der Waals surface area contributed by atoms with Gasteiger partial charge in [0.2, 0.25) is 0 Å². The van der Waals surface area contributed by atoms with Crippen molar-refractivity contribution in [3.8, 4) is 10.6 Å². The van der Waals surface area contributed by atoms with E-state index in [1.165, 1.54) is 21.9 Å². The fourth-order valence-electron chi connectivity index (χ4n) is 2.02. The van der Waals surface area contributed by atoms with E-state index in [9.17, 15) is 0 Å². The molecule has 0 saturated carbocycles. The number of thiazole rings is 1. The van der Waals surface area contributed by atoms with Crippen LogP contribution in [0.4, 0.5) is 0 Å². The maximum absolute atomic E-state index is 4.37. The molecule has 78 valence electrons. The van der Waals surface area contributed by atoms with Crippen LogP contribution in [0.5, 0.6) is 0 Å². The van der Waals surface area contributed by atoms with Crippen molar-refractivity contribution in [2.24, 2.45) is 0 Å². The smallest absolute Gasteiger partial charge is 0.123 e. The van der Waals surface area contributed by atoms with Crippen molar-refractivity contribution in [2.45, 2.75) is 6.92 Å². The summed E-state index contributed by atoms with van der Waals surface area (Å²) in [6, 6.07) is 12.8. The Morgan fingerprint density at radius 1 is 1.06 bits per heavy atom. The number of hydrogen-bond acceptors (Lipinski definition) is 2. The monoisotopic (exact) mass is 225 g/mol. The number of fused-ring (bicyclic) bond motifs is 1. The first-order valence-electron chi connectivity index (χ1n) is 5.24. The van der Waals surface area contributed by atoms with Crippen LogP contribution in [0.25, 0.3) is 21.3 Å². The van der Waals surface area contributed by atoms with Gasteiger partial charge in [-0.25, -0.2) is 4.98 Å². The second kappa shape index (κ2) is 3.72. The molecule has 1 nitrogen and oxygen atoms in total.